The number of hydrogen-bond acceptors (Lipinski definition) is 2. The molecular weight excluding hydrogens is 164 g/mol. The summed E-state index contributed by atoms with van der Waals surface area (Å²) in [6, 6.07) is 3.31. The second-order valence-electron chi connectivity index (χ2n) is 3.82. The molecule has 1 heterocycles. The van der Waals surface area contributed by atoms with Gasteiger partial charge in [0.05, 0.1) is 0 Å². The van der Waals surface area contributed by atoms with Gasteiger partial charge in [-0.1, -0.05) is 5.92 Å². The van der Waals surface area contributed by atoms with Crippen LogP contribution in [0.25, 0.3) is 0 Å². The normalized spacial score (nSPS) is 10.4. The molecule has 2 heteroatoms. The average Bonchev–Trinajstić information content (AvgIpc) is 2.47. The van der Waals surface area contributed by atoms with Crippen molar-refractivity contribution in [2.75, 3.05) is 0 Å². The van der Waals surface area contributed by atoms with Crippen molar-refractivity contribution in [2.24, 2.45) is 5.41 Å². The smallest absolute Gasteiger partial charge is 0.185 e. The molecule has 1 rings (SSSR count). The molecule has 0 fully saturated rings. The summed E-state index contributed by atoms with van der Waals surface area (Å²) in [6.45, 7) is 6.05. The zero-order valence-corrected chi connectivity index (χ0v) is 8.05. The molecule has 0 N–H and O–H groups in total. The fourth-order valence-corrected chi connectivity index (χ4v) is 0.732. The molecular formula is C11H12O2. The third-order valence-electron chi connectivity index (χ3n) is 1.30. The molecule has 0 saturated heterocycles. The van der Waals surface area contributed by atoms with Gasteiger partial charge in [-0.2, -0.15) is 0 Å². The van der Waals surface area contributed by atoms with Crippen molar-refractivity contribution in [3.8, 4) is 11.8 Å². The van der Waals surface area contributed by atoms with Crippen molar-refractivity contribution < 1.29 is 9.21 Å². The third-order valence-corrected chi connectivity index (χ3v) is 1.30. The summed E-state index contributed by atoms with van der Waals surface area (Å²) < 4.78 is 5.09. The van der Waals surface area contributed by atoms with Gasteiger partial charge in [0.25, 0.3) is 0 Å². The number of carbonyl (C=O) groups excluding carboxylic acids is 1. The van der Waals surface area contributed by atoms with Crippen molar-refractivity contribution in [2.45, 2.75) is 20.8 Å². The van der Waals surface area contributed by atoms with E-state index in [4.69, 9.17) is 4.42 Å². The van der Waals surface area contributed by atoms with E-state index in [1.807, 2.05) is 20.8 Å². The Hall–Kier alpha value is -1.49. The SMILES string of the molecule is CC(C)(C)C#Cc1ccc(C=O)o1. The van der Waals surface area contributed by atoms with E-state index >= 15 is 0 Å². The molecule has 0 bridgehead atoms. The molecule has 0 atom stereocenters. The van der Waals surface area contributed by atoms with Crippen LogP contribution in [-0.2, 0) is 0 Å². The standard InChI is InChI=1S/C11H12O2/c1-11(2,3)7-6-9-4-5-10(8-12)13-9/h4-5,8H,1-3H3. The Bertz CT molecular complexity index is 355. The van der Waals surface area contributed by atoms with Crippen molar-refractivity contribution in [3.63, 3.8) is 0 Å². The largest absolute Gasteiger partial charge is 0.445 e. The van der Waals surface area contributed by atoms with Gasteiger partial charge in [0.1, 0.15) is 0 Å². The van der Waals surface area contributed by atoms with Gasteiger partial charge in [-0.05, 0) is 38.8 Å². The molecule has 0 aromatic carbocycles. The molecule has 0 aliphatic rings. The molecule has 13 heavy (non-hydrogen) atoms. The van der Waals surface area contributed by atoms with Crippen LogP contribution in [0.2, 0.25) is 0 Å². The third kappa shape index (κ3) is 3.16. The predicted molar refractivity (Wildman–Crippen MR) is 50.4 cm³/mol. The fraction of sp³-hybridized carbons (Fsp3) is 0.364. The topological polar surface area (TPSA) is 30.2 Å². The lowest BCUT2D eigenvalue weighted by Gasteiger charge is -2.05. The number of carbonyl (C=O) groups is 1. The van der Waals surface area contributed by atoms with Gasteiger partial charge in [0.15, 0.2) is 17.8 Å². The maximum absolute atomic E-state index is 10.3. The maximum Gasteiger partial charge on any atom is 0.185 e. The highest BCUT2D eigenvalue weighted by Gasteiger charge is 2.04. The Morgan fingerprint density at radius 3 is 2.54 bits per heavy atom. The Morgan fingerprint density at radius 1 is 1.38 bits per heavy atom. The second-order valence-corrected chi connectivity index (χ2v) is 3.82. The van der Waals surface area contributed by atoms with E-state index in [2.05, 4.69) is 11.8 Å². The van der Waals surface area contributed by atoms with Crippen molar-refractivity contribution in [1.82, 2.24) is 0 Å². The van der Waals surface area contributed by atoms with Gasteiger partial charge in [0, 0.05) is 5.41 Å². The Labute approximate surface area is 77.9 Å². The van der Waals surface area contributed by atoms with Gasteiger partial charge in [0.2, 0.25) is 0 Å². The first-order valence-corrected chi connectivity index (χ1v) is 4.09. The minimum Gasteiger partial charge on any atom is -0.445 e. The molecule has 1 aromatic heterocycles. The summed E-state index contributed by atoms with van der Waals surface area (Å²) in [5.74, 6) is 6.74. The summed E-state index contributed by atoms with van der Waals surface area (Å²) in [6.07, 6.45) is 0.669. The molecule has 0 saturated carbocycles. The zero-order valence-electron chi connectivity index (χ0n) is 8.05. The number of furan rings is 1. The maximum atomic E-state index is 10.3. The summed E-state index contributed by atoms with van der Waals surface area (Å²) in [5, 5.41) is 0. The van der Waals surface area contributed by atoms with E-state index in [-0.39, 0.29) is 5.41 Å². The van der Waals surface area contributed by atoms with Crippen LogP contribution in [0.15, 0.2) is 16.5 Å². The minimum atomic E-state index is -0.0475. The number of hydrogen-bond donors (Lipinski definition) is 0. The molecule has 68 valence electrons. The molecule has 1 aromatic rings. The van der Waals surface area contributed by atoms with Crippen LogP contribution in [0.4, 0.5) is 0 Å². The Balaban J connectivity index is 2.84. The van der Waals surface area contributed by atoms with E-state index < -0.39 is 0 Å². The lowest BCUT2D eigenvalue weighted by atomic mass is 9.98. The van der Waals surface area contributed by atoms with Gasteiger partial charge < -0.3 is 4.42 Å². The lowest BCUT2D eigenvalue weighted by molar-refractivity contribution is 0.110. The highest BCUT2D eigenvalue weighted by atomic mass is 16.3. The highest BCUT2D eigenvalue weighted by molar-refractivity contribution is 5.70. The van der Waals surface area contributed by atoms with E-state index in [0.717, 1.165) is 0 Å². The van der Waals surface area contributed by atoms with Gasteiger partial charge in [-0.3, -0.25) is 4.79 Å². The molecule has 0 amide bonds. The molecule has 0 aliphatic heterocycles. The van der Waals surface area contributed by atoms with Crippen LogP contribution in [0.1, 0.15) is 37.1 Å². The van der Waals surface area contributed by atoms with E-state index in [1.54, 1.807) is 12.1 Å². The van der Waals surface area contributed by atoms with E-state index in [9.17, 15) is 4.79 Å². The molecule has 2 nitrogen and oxygen atoms in total. The predicted octanol–water partition coefficient (Wildman–Crippen LogP) is 2.49. The van der Waals surface area contributed by atoms with Crippen LogP contribution in [0.3, 0.4) is 0 Å². The minimum absolute atomic E-state index is 0.0475. The number of rotatable bonds is 1. The summed E-state index contributed by atoms with van der Waals surface area (Å²) in [7, 11) is 0. The van der Waals surface area contributed by atoms with Crippen LogP contribution < -0.4 is 0 Å². The molecule has 0 radical (unpaired) electrons. The number of aldehydes is 1. The van der Waals surface area contributed by atoms with Gasteiger partial charge >= 0.3 is 0 Å². The first-order chi connectivity index (χ1) is 6.01. The van der Waals surface area contributed by atoms with Crippen molar-refractivity contribution >= 4 is 6.29 Å². The van der Waals surface area contributed by atoms with Crippen LogP contribution in [0.5, 0.6) is 0 Å². The highest BCUT2D eigenvalue weighted by Crippen LogP contribution is 2.11. The monoisotopic (exact) mass is 176 g/mol. The Morgan fingerprint density at radius 2 is 2.08 bits per heavy atom. The fourth-order valence-electron chi connectivity index (χ4n) is 0.732. The van der Waals surface area contributed by atoms with Crippen LogP contribution in [0, 0.1) is 17.3 Å². The average molecular weight is 176 g/mol. The summed E-state index contributed by atoms with van der Waals surface area (Å²) >= 11 is 0. The summed E-state index contributed by atoms with van der Waals surface area (Å²) in [5.41, 5.74) is -0.0475. The van der Waals surface area contributed by atoms with Crippen LogP contribution >= 0.6 is 0 Å². The zero-order chi connectivity index (χ0) is 9.90. The lowest BCUT2D eigenvalue weighted by Crippen LogP contribution is -1.99. The van der Waals surface area contributed by atoms with Crippen molar-refractivity contribution in [3.05, 3.63) is 23.7 Å². The molecule has 0 spiro atoms. The summed E-state index contributed by atoms with van der Waals surface area (Å²) in [4.78, 5) is 10.3. The first-order valence-electron chi connectivity index (χ1n) is 4.09. The first kappa shape index (κ1) is 9.60. The molecule has 0 unspecified atom stereocenters. The van der Waals surface area contributed by atoms with E-state index in [0.29, 0.717) is 17.8 Å². The van der Waals surface area contributed by atoms with Crippen molar-refractivity contribution in [1.29, 1.82) is 0 Å². The Kier molecular flexibility index (Phi) is 2.57. The van der Waals surface area contributed by atoms with E-state index in [1.165, 1.54) is 0 Å². The second kappa shape index (κ2) is 3.49. The van der Waals surface area contributed by atoms with Crippen LogP contribution in [-0.4, -0.2) is 6.29 Å². The molecule has 0 aliphatic carbocycles. The van der Waals surface area contributed by atoms with Gasteiger partial charge in [-0.25, -0.2) is 0 Å². The van der Waals surface area contributed by atoms with Gasteiger partial charge in [-0.15, -0.1) is 0 Å². The quantitative estimate of drug-likeness (QED) is 0.486.